The Kier molecular flexibility index (Phi) is 4.99. The fourth-order valence-corrected chi connectivity index (χ4v) is 2.45. The van der Waals surface area contributed by atoms with Crippen molar-refractivity contribution in [3.05, 3.63) is 33.3 Å². The second-order valence-electron chi connectivity index (χ2n) is 4.65. The number of ether oxygens (including phenoxy) is 1. The minimum Gasteiger partial charge on any atom is -0.493 e. The number of hydrogen-bond donors (Lipinski definition) is 1. The molecule has 2 rings (SSSR count). The molecule has 5 nitrogen and oxygen atoms in total. The molecule has 6 heteroatoms. The van der Waals surface area contributed by atoms with Crippen LogP contribution in [0.5, 0.6) is 5.75 Å². The zero-order chi connectivity index (χ0) is 13.7. The third-order valence-electron chi connectivity index (χ3n) is 3.26. The number of benzene rings is 1. The smallest absolute Gasteiger partial charge is 0.288 e. The molecular formula is C13H17ClN2O3. The van der Waals surface area contributed by atoms with Crippen LogP contribution in [-0.2, 0) is 0 Å². The summed E-state index contributed by atoms with van der Waals surface area (Å²) in [7, 11) is 0. The molecule has 0 amide bonds. The van der Waals surface area contributed by atoms with E-state index in [-0.39, 0.29) is 10.7 Å². The molecule has 19 heavy (non-hydrogen) atoms. The van der Waals surface area contributed by atoms with Gasteiger partial charge in [0.15, 0.2) is 0 Å². The van der Waals surface area contributed by atoms with Crippen molar-refractivity contribution in [1.82, 2.24) is 5.32 Å². The third-order valence-corrected chi connectivity index (χ3v) is 3.57. The summed E-state index contributed by atoms with van der Waals surface area (Å²) in [5.41, 5.74) is -0.0945. The Morgan fingerprint density at radius 3 is 2.95 bits per heavy atom. The number of nitrogens with one attached hydrogen (secondary N) is 1. The van der Waals surface area contributed by atoms with Crippen LogP contribution in [0.2, 0.25) is 5.02 Å². The molecule has 0 radical (unpaired) electrons. The van der Waals surface area contributed by atoms with Crippen LogP contribution in [0.25, 0.3) is 0 Å². The van der Waals surface area contributed by atoms with Gasteiger partial charge in [-0.1, -0.05) is 18.0 Å². The van der Waals surface area contributed by atoms with Crippen molar-refractivity contribution in [3.63, 3.8) is 0 Å². The number of nitro groups is 1. The first-order chi connectivity index (χ1) is 9.16. The molecule has 0 saturated carbocycles. The summed E-state index contributed by atoms with van der Waals surface area (Å²) in [6.45, 7) is 1.67. The Labute approximate surface area is 117 Å². The van der Waals surface area contributed by atoms with Gasteiger partial charge in [-0.2, -0.15) is 0 Å². The van der Waals surface area contributed by atoms with E-state index in [0.717, 1.165) is 13.0 Å². The van der Waals surface area contributed by atoms with Crippen LogP contribution in [0.15, 0.2) is 18.2 Å². The van der Waals surface area contributed by atoms with E-state index in [4.69, 9.17) is 16.3 Å². The molecular weight excluding hydrogens is 268 g/mol. The normalized spacial score (nSPS) is 19.1. The van der Waals surface area contributed by atoms with Gasteiger partial charge < -0.3 is 10.1 Å². The zero-order valence-electron chi connectivity index (χ0n) is 10.6. The Bertz CT molecular complexity index is 448. The lowest BCUT2D eigenvalue weighted by atomic mass is 10.0. The van der Waals surface area contributed by atoms with E-state index in [1.54, 1.807) is 6.07 Å². The first-order valence-electron chi connectivity index (χ1n) is 6.47. The van der Waals surface area contributed by atoms with Crippen LogP contribution >= 0.6 is 11.6 Å². The number of nitro benzene ring substituents is 1. The number of hydrogen-bond acceptors (Lipinski definition) is 4. The molecule has 104 valence electrons. The van der Waals surface area contributed by atoms with Crippen LogP contribution < -0.4 is 10.1 Å². The maximum atomic E-state index is 10.6. The van der Waals surface area contributed by atoms with Crippen LogP contribution in [0.3, 0.4) is 0 Å². The molecule has 1 atom stereocenters. The molecule has 1 saturated heterocycles. The van der Waals surface area contributed by atoms with Gasteiger partial charge in [0.05, 0.1) is 11.5 Å². The van der Waals surface area contributed by atoms with E-state index < -0.39 is 4.92 Å². The number of rotatable bonds is 5. The second-order valence-corrected chi connectivity index (χ2v) is 5.06. The summed E-state index contributed by atoms with van der Waals surface area (Å²) >= 11 is 5.82. The van der Waals surface area contributed by atoms with Gasteiger partial charge in [-0.3, -0.25) is 10.1 Å². The monoisotopic (exact) mass is 284 g/mol. The molecule has 0 aliphatic carbocycles. The van der Waals surface area contributed by atoms with Gasteiger partial charge >= 0.3 is 0 Å². The molecule has 1 aromatic carbocycles. The van der Waals surface area contributed by atoms with Gasteiger partial charge in [0.2, 0.25) is 0 Å². The highest BCUT2D eigenvalue weighted by Crippen LogP contribution is 2.28. The van der Waals surface area contributed by atoms with Crippen molar-refractivity contribution >= 4 is 17.3 Å². The molecule has 1 unspecified atom stereocenters. The fraction of sp³-hybridized carbons (Fsp3) is 0.538. The minimum absolute atomic E-state index is 0.0945. The van der Waals surface area contributed by atoms with E-state index >= 15 is 0 Å². The van der Waals surface area contributed by atoms with E-state index in [9.17, 15) is 10.1 Å². The lowest BCUT2D eigenvalue weighted by Gasteiger charge is -2.23. The average molecular weight is 285 g/mol. The standard InChI is InChI=1S/C13H17ClN2O3/c14-12-9-11(4-5-13(12)16(17)18)19-8-6-10-3-1-2-7-15-10/h4-5,9-10,15H,1-3,6-8H2. The summed E-state index contributed by atoms with van der Waals surface area (Å²) in [5.74, 6) is 0.575. The molecule has 1 aliphatic rings. The van der Waals surface area contributed by atoms with Crippen molar-refractivity contribution in [2.75, 3.05) is 13.2 Å². The van der Waals surface area contributed by atoms with Crippen molar-refractivity contribution in [3.8, 4) is 5.75 Å². The van der Waals surface area contributed by atoms with Gasteiger partial charge in [-0.05, 0) is 31.9 Å². The largest absolute Gasteiger partial charge is 0.493 e. The number of nitrogens with zero attached hydrogens (tertiary/aromatic N) is 1. The number of halogens is 1. The van der Waals surface area contributed by atoms with E-state index in [1.807, 2.05) is 0 Å². The number of piperidine rings is 1. The maximum Gasteiger partial charge on any atom is 0.288 e. The van der Waals surface area contributed by atoms with Crippen molar-refractivity contribution in [1.29, 1.82) is 0 Å². The van der Waals surface area contributed by atoms with Crippen LogP contribution in [0.1, 0.15) is 25.7 Å². The quantitative estimate of drug-likeness (QED) is 0.666. The summed E-state index contributed by atoms with van der Waals surface area (Å²) in [5, 5.41) is 14.2. The molecule has 1 aromatic rings. The highest BCUT2D eigenvalue weighted by Gasteiger charge is 2.14. The SMILES string of the molecule is O=[N+]([O-])c1ccc(OCCC2CCCCN2)cc1Cl. The average Bonchev–Trinajstić information content (AvgIpc) is 2.39. The van der Waals surface area contributed by atoms with Gasteiger partial charge in [0, 0.05) is 18.2 Å². The molecule has 0 aromatic heterocycles. The van der Waals surface area contributed by atoms with Gasteiger partial charge in [0.1, 0.15) is 10.8 Å². The van der Waals surface area contributed by atoms with Crippen molar-refractivity contribution < 1.29 is 9.66 Å². The second kappa shape index (κ2) is 6.73. The summed E-state index contributed by atoms with van der Waals surface area (Å²) in [6, 6.07) is 4.96. The van der Waals surface area contributed by atoms with Crippen LogP contribution in [0.4, 0.5) is 5.69 Å². The van der Waals surface area contributed by atoms with Gasteiger partial charge in [-0.15, -0.1) is 0 Å². The van der Waals surface area contributed by atoms with E-state index in [1.165, 1.54) is 31.4 Å². The predicted molar refractivity (Wildman–Crippen MR) is 73.9 cm³/mol. The van der Waals surface area contributed by atoms with E-state index in [2.05, 4.69) is 5.32 Å². The van der Waals surface area contributed by atoms with Crippen LogP contribution in [-0.4, -0.2) is 24.1 Å². The maximum absolute atomic E-state index is 10.6. The highest BCUT2D eigenvalue weighted by atomic mass is 35.5. The molecule has 1 fully saturated rings. The lowest BCUT2D eigenvalue weighted by molar-refractivity contribution is -0.384. The Morgan fingerprint density at radius 2 is 2.32 bits per heavy atom. The topological polar surface area (TPSA) is 64.4 Å². The fourth-order valence-electron chi connectivity index (χ4n) is 2.21. The molecule has 0 spiro atoms. The molecule has 0 bridgehead atoms. The van der Waals surface area contributed by atoms with Gasteiger partial charge in [-0.25, -0.2) is 0 Å². The first kappa shape index (κ1) is 14.1. The third kappa shape index (κ3) is 4.08. The Balaban J connectivity index is 1.82. The summed E-state index contributed by atoms with van der Waals surface area (Å²) in [6.07, 6.45) is 4.63. The van der Waals surface area contributed by atoms with Gasteiger partial charge in [0.25, 0.3) is 5.69 Å². The minimum atomic E-state index is -0.502. The molecule has 1 aliphatic heterocycles. The van der Waals surface area contributed by atoms with Crippen molar-refractivity contribution in [2.24, 2.45) is 0 Å². The predicted octanol–water partition coefficient (Wildman–Crippen LogP) is 3.16. The lowest BCUT2D eigenvalue weighted by Crippen LogP contribution is -2.35. The van der Waals surface area contributed by atoms with Crippen molar-refractivity contribution in [2.45, 2.75) is 31.7 Å². The summed E-state index contributed by atoms with van der Waals surface area (Å²) < 4.78 is 5.58. The highest BCUT2D eigenvalue weighted by molar-refractivity contribution is 6.32. The zero-order valence-corrected chi connectivity index (χ0v) is 11.4. The molecule has 1 heterocycles. The first-order valence-corrected chi connectivity index (χ1v) is 6.85. The van der Waals surface area contributed by atoms with E-state index in [0.29, 0.717) is 18.4 Å². The van der Waals surface area contributed by atoms with Crippen LogP contribution in [0, 0.1) is 10.1 Å². The Hall–Kier alpha value is -1.33. The molecule has 1 N–H and O–H groups in total. The summed E-state index contributed by atoms with van der Waals surface area (Å²) in [4.78, 5) is 10.1. The Morgan fingerprint density at radius 1 is 1.47 bits per heavy atom.